The molecule has 27 heavy (non-hydrogen) atoms. The Hall–Kier alpha value is -1.59. The Labute approximate surface area is 164 Å². The van der Waals surface area contributed by atoms with Gasteiger partial charge in [-0.2, -0.15) is 0 Å². The SMILES string of the molecule is C[C@@H](CCc1ccccc1)NC(=O)N1CCC(CN2CCN(C)CC2)CC1. The van der Waals surface area contributed by atoms with Crippen molar-refractivity contribution < 1.29 is 4.79 Å². The highest BCUT2D eigenvalue weighted by molar-refractivity contribution is 5.74. The molecule has 1 atom stereocenters. The minimum absolute atomic E-state index is 0.119. The number of hydrogen-bond donors (Lipinski definition) is 1. The molecule has 1 N–H and O–H groups in total. The van der Waals surface area contributed by atoms with Gasteiger partial charge in [-0.1, -0.05) is 30.3 Å². The smallest absolute Gasteiger partial charge is 0.317 e. The van der Waals surface area contributed by atoms with Crippen LogP contribution in [0.15, 0.2) is 30.3 Å². The highest BCUT2D eigenvalue weighted by atomic mass is 16.2. The standard InChI is InChI=1S/C22H36N4O/c1-19(8-9-20-6-4-3-5-7-20)23-22(27)26-12-10-21(11-13-26)18-25-16-14-24(2)15-17-25/h3-7,19,21H,8-18H2,1-2H3,(H,23,27)/t19-/m0/s1. The number of carbonyl (C=O) groups is 1. The van der Waals surface area contributed by atoms with Crippen molar-refractivity contribution in [3.63, 3.8) is 0 Å². The Bertz CT molecular complexity index is 563. The third-order valence-corrected chi connectivity index (χ3v) is 6.09. The quantitative estimate of drug-likeness (QED) is 0.834. The molecule has 2 amide bonds. The Morgan fingerprint density at radius 1 is 1.07 bits per heavy atom. The van der Waals surface area contributed by atoms with Crippen molar-refractivity contribution in [3.05, 3.63) is 35.9 Å². The fourth-order valence-corrected chi connectivity index (χ4v) is 4.12. The minimum Gasteiger partial charge on any atom is -0.336 e. The van der Waals surface area contributed by atoms with Crippen molar-refractivity contribution in [1.82, 2.24) is 20.0 Å². The average Bonchev–Trinajstić information content (AvgIpc) is 2.69. The number of carbonyl (C=O) groups excluding carboxylic acids is 1. The molecule has 3 rings (SSSR count). The summed E-state index contributed by atoms with van der Waals surface area (Å²) in [5.41, 5.74) is 1.34. The molecule has 5 heteroatoms. The van der Waals surface area contributed by atoms with E-state index in [0.29, 0.717) is 0 Å². The van der Waals surface area contributed by atoms with Gasteiger partial charge in [0.15, 0.2) is 0 Å². The lowest BCUT2D eigenvalue weighted by atomic mass is 9.96. The number of urea groups is 1. The largest absolute Gasteiger partial charge is 0.336 e. The number of benzene rings is 1. The van der Waals surface area contributed by atoms with Gasteiger partial charge in [-0.3, -0.25) is 0 Å². The van der Waals surface area contributed by atoms with Gasteiger partial charge in [-0.25, -0.2) is 4.79 Å². The van der Waals surface area contributed by atoms with Gasteiger partial charge < -0.3 is 20.0 Å². The van der Waals surface area contributed by atoms with Gasteiger partial charge in [0.25, 0.3) is 0 Å². The van der Waals surface area contributed by atoms with Crippen LogP contribution in [-0.2, 0) is 6.42 Å². The predicted octanol–water partition coefficient (Wildman–Crippen LogP) is 2.68. The minimum atomic E-state index is 0.119. The Balaban J connectivity index is 1.33. The number of likely N-dealkylation sites (tertiary alicyclic amines) is 1. The molecular formula is C22H36N4O. The number of piperazine rings is 1. The van der Waals surface area contributed by atoms with Gasteiger partial charge in [0, 0.05) is 51.9 Å². The van der Waals surface area contributed by atoms with Crippen molar-refractivity contribution in [3.8, 4) is 0 Å². The monoisotopic (exact) mass is 372 g/mol. The number of likely N-dealkylation sites (N-methyl/N-ethyl adjacent to an activating group) is 1. The van der Waals surface area contributed by atoms with Crippen LogP contribution in [0, 0.1) is 5.92 Å². The number of piperidine rings is 1. The van der Waals surface area contributed by atoms with E-state index in [1.165, 1.54) is 38.3 Å². The molecule has 1 aromatic carbocycles. The zero-order valence-corrected chi connectivity index (χ0v) is 17.1. The first kappa shape index (κ1) is 20.2. The summed E-state index contributed by atoms with van der Waals surface area (Å²) in [5, 5.41) is 3.19. The molecule has 0 aliphatic carbocycles. The number of amides is 2. The summed E-state index contributed by atoms with van der Waals surface area (Å²) in [6, 6.07) is 10.8. The second kappa shape index (κ2) is 10.1. The maximum atomic E-state index is 12.6. The maximum Gasteiger partial charge on any atom is 0.317 e. The van der Waals surface area contributed by atoms with E-state index in [9.17, 15) is 4.79 Å². The first-order chi connectivity index (χ1) is 13.1. The zero-order chi connectivity index (χ0) is 19.1. The second-order valence-electron chi connectivity index (χ2n) is 8.41. The fourth-order valence-electron chi connectivity index (χ4n) is 4.12. The van der Waals surface area contributed by atoms with E-state index in [1.807, 2.05) is 11.0 Å². The number of aryl methyl sites for hydroxylation is 1. The van der Waals surface area contributed by atoms with Crippen LogP contribution >= 0.6 is 0 Å². The van der Waals surface area contributed by atoms with E-state index in [1.54, 1.807) is 0 Å². The highest BCUT2D eigenvalue weighted by Gasteiger charge is 2.25. The number of hydrogen-bond acceptors (Lipinski definition) is 3. The van der Waals surface area contributed by atoms with Gasteiger partial charge in [-0.15, -0.1) is 0 Å². The molecule has 2 saturated heterocycles. The van der Waals surface area contributed by atoms with Gasteiger partial charge in [0.2, 0.25) is 0 Å². The first-order valence-corrected chi connectivity index (χ1v) is 10.6. The molecular weight excluding hydrogens is 336 g/mol. The van der Waals surface area contributed by atoms with Crippen LogP contribution in [-0.4, -0.2) is 79.6 Å². The summed E-state index contributed by atoms with van der Waals surface area (Å²) in [7, 11) is 2.20. The molecule has 0 radical (unpaired) electrons. The molecule has 0 spiro atoms. The number of rotatable bonds is 6. The average molecular weight is 373 g/mol. The molecule has 150 valence electrons. The molecule has 1 aromatic rings. The van der Waals surface area contributed by atoms with Crippen molar-refractivity contribution in [2.45, 2.75) is 38.6 Å². The lowest BCUT2D eigenvalue weighted by Gasteiger charge is -2.38. The van der Waals surface area contributed by atoms with Crippen LogP contribution in [0.3, 0.4) is 0 Å². The summed E-state index contributed by atoms with van der Waals surface area (Å²) in [4.78, 5) is 19.6. The molecule has 0 saturated carbocycles. The fraction of sp³-hybridized carbons (Fsp3) is 0.682. The molecule has 2 fully saturated rings. The van der Waals surface area contributed by atoms with E-state index in [4.69, 9.17) is 0 Å². The van der Waals surface area contributed by atoms with Crippen molar-refractivity contribution in [2.24, 2.45) is 5.92 Å². The first-order valence-electron chi connectivity index (χ1n) is 10.6. The molecule has 0 aromatic heterocycles. The van der Waals surface area contributed by atoms with Crippen LogP contribution in [0.5, 0.6) is 0 Å². The highest BCUT2D eigenvalue weighted by Crippen LogP contribution is 2.19. The predicted molar refractivity (Wildman–Crippen MR) is 111 cm³/mol. The van der Waals surface area contributed by atoms with Crippen LogP contribution in [0.1, 0.15) is 31.7 Å². The third kappa shape index (κ3) is 6.51. The third-order valence-electron chi connectivity index (χ3n) is 6.09. The van der Waals surface area contributed by atoms with Gasteiger partial charge in [0.05, 0.1) is 0 Å². The van der Waals surface area contributed by atoms with E-state index < -0.39 is 0 Å². The van der Waals surface area contributed by atoms with Gasteiger partial charge >= 0.3 is 6.03 Å². The Kier molecular flexibility index (Phi) is 7.53. The number of nitrogens with one attached hydrogen (secondary N) is 1. The molecule has 2 aliphatic rings. The Morgan fingerprint density at radius 2 is 1.74 bits per heavy atom. The van der Waals surface area contributed by atoms with Crippen LogP contribution < -0.4 is 5.32 Å². The molecule has 2 aliphatic heterocycles. The van der Waals surface area contributed by atoms with Crippen molar-refractivity contribution in [2.75, 3.05) is 52.9 Å². The summed E-state index contributed by atoms with van der Waals surface area (Å²) >= 11 is 0. The maximum absolute atomic E-state index is 12.6. The lowest BCUT2D eigenvalue weighted by molar-refractivity contribution is 0.110. The molecule has 0 unspecified atom stereocenters. The second-order valence-corrected chi connectivity index (χ2v) is 8.41. The molecule has 5 nitrogen and oxygen atoms in total. The van der Waals surface area contributed by atoms with Crippen LogP contribution in [0.25, 0.3) is 0 Å². The van der Waals surface area contributed by atoms with Gasteiger partial charge in [-0.05, 0) is 51.1 Å². The number of nitrogens with zero attached hydrogens (tertiary/aromatic N) is 3. The molecule has 0 bridgehead atoms. The van der Waals surface area contributed by atoms with Crippen LogP contribution in [0.2, 0.25) is 0 Å². The topological polar surface area (TPSA) is 38.8 Å². The summed E-state index contributed by atoms with van der Waals surface area (Å²) in [6.07, 6.45) is 4.27. The lowest BCUT2D eigenvalue weighted by Crippen LogP contribution is -2.50. The van der Waals surface area contributed by atoms with Crippen molar-refractivity contribution >= 4 is 6.03 Å². The van der Waals surface area contributed by atoms with Crippen molar-refractivity contribution in [1.29, 1.82) is 0 Å². The normalized spacial score (nSPS) is 21.2. The van der Waals surface area contributed by atoms with E-state index in [-0.39, 0.29) is 12.1 Å². The van der Waals surface area contributed by atoms with E-state index in [0.717, 1.165) is 44.7 Å². The summed E-state index contributed by atoms with van der Waals surface area (Å²) < 4.78 is 0. The summed E-state index contributed by atoms with van der Waals surface area (Å²) in [5.74, 6) is 0.743. The van der Waals surface area contributed by atoms with E-state index >= 15 is 0 Å². The molecule has 2 heterocycles. The van der Waals surface area contributed by atoms with Gasteiger partial charge in [0.1, 0.15) is 0 Å². The summed E-state index contributed by atoms with van der Waals surface area (Å²) in [6.45, 7) is 9.86. The van der Waals surface area contributed by atoms with E-state index in [2.05, 4.69) is 53.4 Å². The zero-order valence-electron chi connectivity index (χ0n) is 17.1. The van der Waals surface area contributed by atoms with Crippen LogP contribution in [0.4, 0.5) is 4.79 Å². The Morgan fingerprint density at radius 3 is 2.41 bits per heavy atom.